The average Bonchev–Trinajstić information content (AvgIpc) is 2.18. The van der Waals surface area contributed by atoms with E-state index in [4.69, 9.17) is 0 Å². The van der Waals surface area contributed by atoms with E-state index in [1.807, 2.05) is 31.2 Å². The SMILES string of the molecule is CC[C@H](C)NC(=O)c1ccccc1[As]. The van der Waals surface area contributed by atoms with E-state index < -0.39 is 0 Å². The minimum absolute atomic E-state index is 0.00979. The van der Waals surface area contributed by atoms with Crippen LogP contribution in [0.1, 0.15) is 30.6 Å². The van der Waals surface area contributed by atoms with Crippen molar-refractivity contribution < 1.29 is 4.79 Å². The molecule has 1 rings (SSSR count). The molecule has 0 fully saturated rings. The van der Waals surface area contributed by atoms with Gasteiger partial charge in [-0.1, -0.05) is 0 Å². The second kappa shape index (κ2) is 5.21. The number of amides is 1. The summed E-state index contributed by atoms with van der Waals surface area (Å²) < 4.78 is 0.959. The molecule has 0 aliphatic rings. The molecule has 0 aliphatic carbocycles. The Hall–Kier alpha value is -0.752. The molecular formula is C11H14AsNO. The van der Waals surface area contributed by atoms with Crippen LogP contribution in [0.2, 0.25) is 0 Å². The summed E-state index contributed by atoms with van der Waals surface area (Å²) in [4.78, 5) is 11.7. The van der Waals surface area contributed by atoms with Crippen LogP contribution in [-0.2, 0) is 0 Å². The van der Waals surface area contributed by atoms with Crippen molar-refractivity contribution in [1.29, 1.82) is 0 Å². The maximum atomic E-state index is 11.7. The van der Waals surface area contributed by atoms with Crippen molar-refractivity contribution in [1.82, 2.24) is 5.32 Å². The molecule has 1 N–H and O–H groups in total. The average molecular weight is 251 g/mol. The van der Waals surface area contributed by atoms with Gasteiger partial charge in [-0.05, 0) is 0 Å². The molecule has 0 heterocycles. The van der Waals surface area contributed by atoms with Gasteiger partial charge in [-0.25, -0.2) is 0 Å². The first-order valence-corrected chi connectivity index (χ1v) is 5.67. The zero-order chi connectivity index (χ0) is 10.6. The van der Waals surface area contributed by atoms with Crippen molar-refractivity contribution in [3.05, 3.63) is 29.8 Å². The maximum absolute atomic E-state index is 11.7. The predicted octanol–water partition coefficient (Wildman–Crippen LogP) is 1.01. The van der Waals surface area contributed by atoms with Gasteiger partial charge in [0.1, 0.15) is 0 Å². The van der Waals surface area contributed by atoms with Crippen LogP contribution in [0.15, 0.2) is 24.3 Å². The summed E-state index contributed by atoms with van der Waals surface area (Å²) in [6, 6.07) is 7.79. The Morgan fingerprint density at radius 2 is 2.14 bits per heavy atom. The number of hydrogen-bond acceptors (Lipinski definition) is 1. The fourth-order valence-electron chi connectivity index (χ4n) is 1.07. The Kier molecular flexibility index (Phi) is 4.21. The van der Waals surface area contributed by atoms with Gasteiger partial charge in [-0.2, -0.15) is 0 Å². The Labute approximate surface area is 93.6 Å². The van der Waals surface area contributed by atoms with Gasteiger partial charge in [0, 0.05) is 0 Å². The number of rotatable bonds is 3. The summed E-state index contributed by atoms with van der Waals surface area (Å²) in [5.74, 6) is 0.00979. The first-order chi connectivity index (χ1) is 6.65. The Morgan fingerprint density at radius 1 is 1.50 bits per heavy atom. The third-order valence-electron chi connectivity index (χ3n) is 2.14. The van der Waals surface area contributed by atoms with Gasteiger partial charge in [0.2, 0.25) is 0 Å². The van der Waals surface area contributed by atoms with Gasteiger partial charge < -0.3 is 0 Å². The number of benzene rings is 1. The van der Waals surface area contributed by atoms with Gasteiger partial charge in [0.25, 0.3) is 0 Å². The summed E-state index contributed by atoms with van der Waals surface area (Å²) >= 11 is 2.42. The van der Waals surface area contributed by atoms with Crippen molar-refractivity contribution >= 4 is 27.1 Å². The zero-order valence-electron chi connectivity index (χ0n) is 8.45. The van der Waals surface area contributed by atoms with Crippen molar-refractivity contribution in [2.75, 3.05) is 0 Å². The number of carbonyl (C=O) groups excluding carboxylic acids is 1. The molecule has 0 saturated carbocycles. The standard InChI is InChI=1S/C11H14AsNO/c1-3-8(2)13-11(14)9-6-4-5-7-10(9)12/h4-8H,3H2,1-2H3,(H,13,14)/t8-/m0/s1. The molecular weight excluding hydrogens is 237 g/mol. The molecule has 1 atom stereocenters. The first kappa shape index (κ1) is 11.3. The van der Waals surface area contributed by atoms with Gasteiger partial charge in [0.15, 0.2) is 0 Å². The first-order valence-electron chi connectivity index (χ1n) is 4.74. The monoisotopic (exact) mass is 251 g/mol. The van der Waals surface area contributed by atoms with Crippen LogP contribution < -0.4 is 9.67 Å². The van der Waals surface area contributed by atoms with E-state index in [-0.39, 0.29) is 11.9 Å². The van der Waals surface area contributed by atoms with Crippen LogP contribution in [0.25, 0.3) is 0 Å². The Morgan fingerprint density at radius 3 is 2.71 bits per heavy atom. The van der Waals surface area contributed by atoms with E-state index in [1.165, 1.54) is 0 Å². The summed E-state index contributed by atoms with van der Waals surface area (Å²) in [6.45, 7) is 4.06. The molecule has 2 radical (unpaired) electrons. The molecule has 0 aliphatic heterocycles. The summed E-state index contributed by atoms with van der Waals surface area (Å²) in [7, 11) is 0. The quantitative estimate of drug-likeness (QED) is 0.798. The van der Waals surface area contributed by atoms with Crippen molar-refractivity contribution in [2.45, 2.75) is 26.3 Å². The number of nitrogens with one attached hydrogen (secondary N) is 1. The molecule has 0 aromatic heterocycles. The molecule has 0 bridgehead atoms. The third kappa shape index (κ3) is 2.88. The summed E-state index contributed by atoms with van der Waals surface area (Å²) in [5, 5.41) is 2.94. The van der Waals surface area contributed by atoms with Gasteiger partial charge in [-0.3, -0.25) is 0 Å². The van der Waals surface area contributed by atoms with E-state index >= 15 is 0 Å². The molecule has 14 heavy (non-hydrogen) atoms. The van der Waals surface area contributed by atoms with Crippen LogP contribution >= 0.6 is 0 Å². The molecule has 0 saturated heterocycles. The van der Waals surface area contributed by atoms with E-state index in [0.29, 0.717) is 0 Å². The molecule has 1 amide bonds. The van der Waals surface area contributed by atoms with Crippen molar-refractivity contribution in [2.24, 2.45) is 0 Å². The molecule has 2 nitrogen and oxygen atoms in total. The molecule has 0 spiro atoms. The molecule has 3 heteroatoms. The van der Waals surface area contributed by atoms with E-state index in [0.717, 1.165) is 16.3 Å². The number of hydrogen-bond donors (Lipinski definition) is 1. The van der Waals surface area contributed by atoms with Crippen LogP contribution in [0.4, 0.5) is 0 Å². The van der Waals surface area contributed by atoms with Crippen LogP contribution in [0.3, 0.4) is 0 Å². The Balaban J connectivity index is 2.75. The van der Waals surface area contributed by atoms with E-state index in [1.54, 1.807) is 0 Å². The molecule has 1 aromatic carbocycles. The fourth-order valence-corrected chi connectivity index (χ4v) is 1.62. The van der Waals surface area contributed by atoms with Crippen LogP contribution in [0.5, 0.6) is 0 Å². The normalized spacial score (nSPS) is 12.2. The minimum atomic E-state index is 0.00979. The van der Waals surface area contributed by atoms with E-state index in [9.17, 15) is 4.79 Å². The van der Waals surface area contributed by atoms with Crippen molar-refractivity contribution in [3.63, 3.8) is 0 Å². The van der Waals surface area contributed by atoms with Crippen molar-refractivity contribution in [3.8, 4) is 0 Å². The zero-order valence-corrected chi connectivity index (χ0v) is 10.3. The van der Waals surface area contributed by atoms with Crippen LogP contribution in [0, 0.1) is 0 Å². The summed E-state index contributed by atoms with van der Waals surface area (Å²) in [5.41, 5.74) is 0.743. The number of carbonyl (C=O) groups is 1. The third-order valence-corrected chi connectivity index (χ3v) is 2.96. The summed E-state index contributed by atoms with van der Waals surface area (Å²) in [6.07, 6.45) is 0.951. The second-order valence-corrected chi connectivity index (χ2v) is 4.31. The second-order valence-electron chi connectivity index (χ2n) is 3.30. The van der Waals surface area contributed by atoms with Gasteiger partial charge in [-0.15, -0.1) is 0 Å². The molecule has 0 unspecified atom stereocenters. The van der Waals surface area contributed by atoms with E-state index in [2.05, 4.69) is 29.1 Å². The van der Waals surface area contributed by atoms with Crippen LogP contribution in [-0.4, -0.2) is 28.8 Å². The Bertz CT molecular complexity index is 325. The van der Waals surface area contributed by atoms with Gasteiger partial charge in [0.05, 0.1) is 0 Å². The fraction of sp³-hybridized carbons (Fsp3) is 0.364. The predicted molar refractivity (Wildman–Crippen MR) is 59.0 cm³/mol. The molecule has 1 aromatic rings. The van der Waals surface area contributed by atoms with Gasteiger partial charge >= 0.3 is 93.4 Å². The topological polar surface area (TPSA) is 29.1 Å². The molecule has 74 valence electrons.